The Kier molecular flexibility index (Phi) is 3.73. The van der Waals surface area contributed by atoms with Crippen molar-refractivity contribution in [3.63, 3.8) is 0 Å². The summed E-state index contributed by atoms with van der Waals surface area (Å²) < 4.78 is 42.3. The minimum atomic E-state index is -4.46. The molecule has 84 valence electrons. The van der Waals surface area contributed by atoms with Crippen LogP contribution < -0.4 is 4.74 Å². The molecule has 6 heteroatoms. The van der Waals surface area contributed by atoms with Gasteiger partial charge in [-0.25, -0.2) is 0 Å². The lowest BCUT2D eigenvalue weighted by Crippen LogP contribution is -2.09. The number of ether oxygens (including phenoxy) is 1. The quantitative estimate of drug-likeness (QED) is 0.726. The van der Waals surface area contributed by atoms with Gasteiger partial charge in [0.15, 0.2) is 0 Å². The Morgan fingerprint density at radius 2 is 1.93 bits per heavy atom. The Bertz CT molecular complexity index is 363. The first kappa shape index (κ1) is 12.5. The Morgan fingerprint density at radius 1 is 1.33 bits per heavy atom. The Balaban J connectivity index is 3.36. The van der Waals surface area contributed by atoms with Gasteiger partial charge in [0, 0.05) is 5.88 Å². The molecule has 0 aromatic heterocycles. The number of hydrogen-bond donors (Lipinski definition) is 0. The van der Waals surface area contributed by atoms with E-state index in [4.69, 9.17) is 27.9 Å². The summed E-state index contributed by atoms with van der Waals surface area (Å²) in [5.41, 5.74) is -0.881. The van der Waals surface area contributed by atoms with Crippen LogP contribution in [0.5, 0.6) is 5.75 Å². The molecule has 0 radical (unpaired) electrons. The van der Waals surface area contributed by atoms with Gasteiger partial charge in [0.25, 0.3) is 0 Å². The smallest absolute Gasteiger partial charge is 0.416 e. The van der Waals surface area contributed by atoms with E-state index in [0.29, 0.717) is 0 Å². The second-order valence-electron chi connectivity index (χ2n) is 2.78. The molecule has 0 N–H and O–H groups in total. The van der Waals surface area contributed by atoms with Gasteiger partial charge in [-0.2, -0.15) is 13.2 Å². The molecule has 0 amide bonds. The van der Waals surface area contributed by atoms with E-state index in [2.05, 4.69) is 0 Å². The van der Waals surface area contributed by atoms with Crippen molar-refractivity contribution >= 4 is 23.2 Å². The van der Waals surface area contributed by atoms with Crippen LogP contribution in [0, 0.1) is 0 Å². The first-order valence-electron chi connectivity index (χ1n) is 3.89. The Labute approximate surface area is 94.7 Å². The predicted octanol–water partition coefficient (Wildman–Crippen LogP) is 4.11. The molecule has 15 heavy (non-hydrogen) atoms. The molecule has 0 heterocycles. The van der Waals surface area contributed by atoms with Crippen LogP contribution in [0.25, 0.3) is 0 Å². The lowest BCUT2D eigenvalue weighted by molar-refractivity contribution is -0.138. The molecule has 0 saturated heterocycles. The number of halogens is 5. The SMILES string of the molecule is COc1cc(C(F)(F)F)c(CCl)cc1Cl. The first-order chi connectivity index (χ1) is 6.90. The van der Waals surface area contributed by atoms with Gasteiger partial charge < -0.3 is 4.74 Å². The highest BCUT2D eigenvalue weighted by atomic mass is 35.5. The third kappa shape index (κ3) is 2.69. The van der Waals surface area contributed by atoms with Crippen LogP contribution in [-0.2, 0) is 12.1 Å². The average Bonchev–Trinajstić information content (AvgIpc) is 2.15. The zero-order valence-electron chi connectivity index (χ0n) is 7.66. The minimum absolute atomic E-state index is 0.0159. The van der Waals surface area contributed by atoms with Gasteiger partial charge in [-0.1, -0.05) is 11.6 Å². The fraction of sp³-hybridized carbons (Fsp3) is 0.333. The van der Waals surface area contributed by atoms with Crippen molar-refractivity contribution in [2.45, 2.75) is 12.1 Å². The molecule has 0 saturated carbocycles. The maximum atomic E-state index is 12.5. The standard InChI is InChI=1S/C9H7Cl2F3O/c1-15-8-3-6(9(12,13)14)5(4-10)2-7(8)11/h2-3H,4H2,1H3. The second-order valence-corrected chi connectivity index (χ2v) is 3.45. The van der Waals surface area contributed by atoms with E-state index in [9.17, 15) is 13.2 Å². The van der Waals surface area contributed by atoms with Crippen LogP contribution >= 0.6 is 23.2 Å². The molecule has 1 aromatic rings. The highest BCUT2D eigenvalue weighted by molar-refractivity contribution is 6.32. The maximum absolute atomic E-state index is 12.5. The number of alkyl halides is 4. The van der Waals surface area contributed by atoms with E-state index in [-0.39, 0.29) is 22.2 Å². The maximum Gasteiger partial charge on any atom is 0.416 e. The normalized spacial score (nSPS) is 11.6. The summed E-state index contributed by atoms with van der Waals surface area (Å²) in [6.07, 6.45) is -4.46. The van der Waals surface area contributed by atoms with Gasteiger partial charge >= 0.3 is 6.18 Å². The molecule has 0 fully saturated rings. The van der Waals surface area contributed by atoms with Crippen molar-refractivity contribution in [3.05, 3.63) is 28.3 Å². The fourth-order valence-electron chi connectivity index (χ4n) is 1.13. The molecule has 1 rings (SSSR count). The van der Waals surface area contributed by atoms with E-state index >= 15 is 0 Å². The van der Waals surface area contributed by atoms with Crippen LogP contribution in [0.3, 0.4) is 0 Å². The van der Waals surface area contributed by atoms with Crippen molar-refractivity contribution in [1.29, 1.82) is 0 Å². The van der Waals surface area contributed by atoms with Crippen molar-refractivity contribution in [1.82, 2.24) is 0 Å². The summed E-state index contributed by atoms with van der Waals surface area (Å²) in [5, 5.41) is 0.112. The summed E-state index contributed by atoms with van der Waals surface area (Å²) in [6, 6.07) is 2.01. The number of rotatable bonds is 2. The molecule has 0 aliphatic carbocycles. The molecule has 0 atom stereocenters. The molecule has 0 aliphatic heterocycles. The zero-order chi connectivity index (χ0) is 11.6. The lowest BCUT2D eigenvalue weighted by atomic mass is 10.1. The van der Waals surface area contributed by atoms with Crippen LogP contribution in [0.4, 0.5) is 13.2 Å². The van der Waals surface area contributed by atoms with Crippen molar-refractivity contribution in [2.24, 2.45) is 0 Å². The zero-order valence-corrected chi connectivity index (χ0v) is 9.17. The predicted molar refractivity (Wildman–Crippen MR) is 52.6 cm³/mol. The molecule has 0 aliphatic rings. The van der Waals surface area contributed by atoms with Crippen molar-refractivity contribution < 1.29 is 17.9 Å². The van der Waals surface area contributed by atoms with E-state index in [1.54, 1.807) is 0 Å². The minimum Gasteiger partial charge on any atom is -0.495 e. The summed E-state index contributed by atoms with van der Waals surface area (Å²) in [7, 11) is 1.25. The molecular weight excluding hydrogens is 252 g/mol. The second kappa shape index (κ2) is 4.49. The molecule has 0 spiro atoms. The highest BCUT2D eigenvalue weighted by Crippen LogP contribution is 2.38. The van der Waals surface area contributed by atoms with Crippen LogP contribution in [-0.4, -0.2) is 7.11 Å². The van der Waals surface area contributed by atoms with Gasteiger partial charge in [-0.15, -0.1) is 11.6 Å². The van der Waals surface area contributed by atoms with Gasteiger partial charge in [-0.3, -0.25) is 0 Å². The summed E-state index contributed by atoms with van der Waals surface area (Å²) >= 11 is 11.1. The van der Waals surface area contributed by atoms with E-state index < -0.39 is 11.7 Å². The fourth-order valence-corrected chi connectivity index (χ4v) is 1.61. The van der Waals surface area contributed by atoms with E-state index in [0.717, 1.165) is 12.1 Å². The number of methoxy groups -OCH3 is 1. The molecule has 0 bridgehead atoms. The summed E-state index contributed by atoms with van der Waals surface area (Å²) in [5.74, 6) is -0.267. The third-order valence-corrected chi connectivity index (χ3v) is 2.41. The molecule has 0 unspecified atom stereocenters. The highest BCUT2D eigenvalue weighted by Gasteiger charge is 2.34. The van der Waals surface area contributed by atoms with Gasteiger partial charge in [-0.05, 0) is 17.7 Å². The summed E-state index contributed by atoms with van der Waals surface area (Å²) in [6.45, 7) is 0. The molecule has 1 nitrogen and oxygen atoms in total. The van der Waals surface area contributed by atoms with Crippen LogP contribution in [0.1, 0.15) is 11.1 Å². The topological polar surface area (TPSA) is 9.23 Å². The van der Waals surface area contributed by atoms with Crippen molar-refractivity contribution in [3.8, 4) is 5.75 Å². The summed E-state index contributed by atoms with van der Waals surface area (Å²) in [4.78, 5) is 0. The van der Waals surface area contributed by atoms with Crippen molar-refractivity contribution in [2.75, 3.05) is 7.11 Å². The number of benzene rings is 1. The van der Waals surface area contributed by atoms with Gasteiger partial charge in [0.1, 0.15) is 5.75 Å². The molecule has 1 aromatic carbocycles. The van der Waals surface area contributed by atoms with E-state index in [1.165, 1.54) is 7.11 Å². The monoisotopic (exact) mass is 258 g/mol. The third-order valence-electron chi connectivity index (χ3n) is 1.83. The number of hydrogen-bond acceptors (Lipinski definition) is 1. The Hall–Kier alpha value is -0.610. The van der Waals surface area contributed by atoms with Crippen LogP contribution in [0.15, 0.2) is 12.1 Å². The van der Waals surface area contributed by atoms with Gasteiger partial charge in [0.2, 0.25) is 0 Å². The first-order valence-corrected chi connectivity index (χ1v) is 4.81. The largest absolute Gasteiger partial charge is 0.495 e. The van der Waals surface area contributed by atoms with E-state index in [1.807, 2.05) is 0 Å². The lowest BCUT2D eigenvalue weighted by Gasteiger charge is -2.13. The van der Waals surface area contributed by atoms with Gasteiger partial charge in [0.05, 0.1) is 17.7 Å². The van der Waals surface area contributed by atoms with Crippen LogP contribution in [0.2, 0.25) is 5.02 Å². The average molecular weight is 259 g/mol. The Morgan fingerprint density at radius 3 is 2.33 bits per heavy atom. The molecular formula is C9H7Cl2F3O.